The van der Waals surface area contributed by atoms with E-state index in [0.29, 0.717) is 11.5 Å². The third kappa shape index (κ3) is 4.86. The first-order valence-electron chi connectivity index (χ1n) is 9.01. The summed E-state index contributed by atoms with van der Waals surface area (Å²) >= 11 is 0. The largest absolute Gasteiger partial charge is 0.418 e. The normalized spacial score (nSPS) is 28.6. The van der Waals surface area contributed by atoms with Crippen LogP contribution in [0.5, 0.6) is 0 Å². The van der Waals surface area contributed by atoms with E-state index in [1.165, 1.54) is 0 Å². The van der Waals surface area contributed by atoms with Gasteiger partial charge in [-0.15, -0.1) is 4.28 Å². The molecule has 0 radical (unpaired) electrons. The highest BCUT2D eigenvalue weighted by atomic mass is 32.3. The molecule has 3 N–H and O–H groups in total. The van der Waals surface area contributed by atoms with E-state index in [9.17, 15) is 30.0 Å². The van der Waals surface area contributed by atoms with Gasteiger partial charge in [-0.05, 0) is 25.7 Å². The first kappa shape index (κ1) is 23.1. The molecule has 0 aromatic heterocycles. The number of urea groups is 1. The Bertz CT molecular complexity index is 1040. The van der Waals surface area contributed by atoms with E-state index in [4.69, 9.17) is 9.96 Å². The fourth-order valence-corrected chi connectivity index (χ4v) is 6.75. The van der Waals surface area contributed by atoms with E-state index in [0.717, 1.165) is 15.5 Å². The van der Waals surface area contributed by atoms with E-state index >= 15 is 0 Å². The van der Waals surface area contributed by atoms with Gasteiger partial charge >= 0.3 is 16.4 Å². The Labute approximate surface area is 174 Å². The number of amides is 2. The number of sulfonamides is 2. The van der Waals surface area contributed by atoms with E-state index < -0.39 is 59.6 Å². The second kappa shape index (κ2) is 7.86. The van der Waals surface area contributed by atoms with Crippen LogP contribution in [-0.2, 0) is 34.7 Å². The molecule has 2 amide bonds. The molecule has 172 valence electrons. The van der Waals surface area contributed by atoms with Gasteiger partial charge in [0.25, 0.3) is 0 Å². The molecule has 2 bridgehead atoms. The fraction of sp³-hybridized carbons (Fsp3) is 0.846. The third-order valence-corrected chi connectivity index (χ3v) is 8.72. The summed E-state index contributed by atoms with van der Waals surface area (Å²) in [5.74, 6) is -0.480. The standard InChI is InChI=1S/C13H23N5O9S3/c1-28(20,21)16-6-2-3-10(8-16)29(22,23)15-12(14)11-5-4-9-7-17(11)13(19)18(9)27-30(24,25)26/h9-11H,2-8H2,1H3,(H2,14,15)(H,24,25,26). The Kier molecular flexibility index (Phi) is 6.07. The smallest absolute Gasteiger partial charge is 0.310 e. The average molecular weight is 490 g/mol. The zero-order valence-corrected chi connectivity index (χ0v) is 18.4. The average Bonchev–Trinajstić information content (AvgIpc) is 2.84. The van der Waals surface area contributed by atoms with Crippen LogP contribution in [0.1, 0.15) is 25.7 Å². The molecule has 3 heterocycles. The minimum Gasteiger partial charge on any atom is -0.310 e. The Morgan fingerprint density at radius 1 is 1.13 bits per heavy atom. The fourth-order valence-electron chi connectivity index (χ4n) is 3.90. The second-order valence-electron chi connectivity index (χ2n) is 7.46. The van der Waals surface area contributed by atoms with Crippen molar-refractivity contribution in [2.24, 2.45) is 0 Å². The van der Waals surface area contributed by atoms with Crippen LogP contribution in [0.2, 0.25) is 0 Å². The van der Waals surface area contributed by atoms with Gasteiger partial charge < -0.3 is 4.90 Å². The molecule has 3 aliphatic rings. The molecule has 3 unspecified atom stereocenters. The van der Waals surface area contributed by atoms with Gasteiger partial charge in [-0.1, -0.05) is 0 Å². The molecule has 14 nitrogen and oxygen atoms in total. The molecular weight excluding hydrogens is 466 g/mol. The van der Waals surface area contributed by atoms with Crippen LogP contribution in [0.4, 0.5) is 4.79 Å². The molecule has 0 saturated carbocycles. The summed E-state index contributed by atoms with van der Waals surface area (Å²) in [6.07, 6.45) is 1.96. The number of nitrogens with zero attached hydrogens (tertiary/aromatic N) is 3. The predicted molar refractivity (Wildman–Crippen MR) is 103 cm³/mol. The van der Waals surface area contributed by atoms with Crippen molar-refractivity contribution >= 4 is 42.3 Å². The summed E-state index contributed by atoms with van der Waals surface area (Å²) in [4.78, 5) is 13.5. The number of nitrogens with one attached hydrogen (secondary N) is 2. The number of hydrogen-bond acceptors (Lipinski definition) is 9. The lowest BCUT2D eigenvalue weighted by atomic mass is 10.0. The van der Waals surface area contributed by atoms with Crippen LogP contribution >= 0.6 is 0 Å². The van der Waals surface area contributed by atoms with E-state index in [1.54, 1.807) is 0 Å². The summed E-state index contributed by atoms with van der Waals surface area (Å²) in [6, 6.07) is -2.54. The highest BCUT2D eigenvalue weighted by molar-refractivity contribution is 7.91. The Morgan fingerprint density at radius 2 is 1.80 bits per heavy atom. The van der Waals surface area contributed by atoms with Crippen LogP contribution < -0.4 is 4.72 Å². The summed E-state index contributed by atoms with van der Waals surface area (Å²) in [7, 11) is -12.6. The van der Waals surface area contributed by atoms with Crippen molar-refractivity contribution in [1.29, 1.82) is 5.41 Å². The quantitative estimate of drug-likeness (QED) is 0.221. The lowest BCUT2D eigenvalue weighted by molar-refractivity contribution is -0.0316. The van der Waals surface area contributed by atoms with Gasteiger partial charge in [0, 0.05) is 19.6 Å². The molecule has 0 aliphatic carbocycles. The number of fused-ring (bicyclic) bond motifs is 2. The first-order chi connectivity index (χ1) is 13.7. The second-order valence-corrected chi connectivity index (χ2v) is 12.4. The maximum atomic E-state index is 12.7. The zero-order chi connectivity index (χ0) is 22.5. The van der Waals surface area contributed by atoms with Crippen molar-refractivity contribution in [2.75, 3.05) is 25.9 Å². The molecule has 0 spiro atoms. The van der Waals surface area contributed by atoms with Crippen molar-refractivity contribution in [3.8, 4) is 0 Å². The van der Waals surface area contributed by atoms with Crippen molar-refractivity contribution < 1.29 is 38.9 Å². The topological polar surface area (TPSA) is 195 Å². The maximum absolute atomic E-state index is 12.7. The van der Waals surface area contributed by atoms with Gasteiger partial charge in [0.1, 0.15) is 5.84 Å². The molecule has 3 atom stereocenters. The van der Waals surface area contributed by atoms with Crippen LogP contribution in [-0.4, -0.2) is 99.2 Å². The van der Waals surface area contributed by atoms with Gasteiger partial charge in [0.05, 0.1) is 23.6 Å². The highest BCUT2D eigenvalue weighted by Gasteiger charge is 2.49. The molecule has 3 rings (SSSR count). The Morgan fingerprint density at radius 3 is 2.40 bits per heavy atom. The number of carbonyl (C=O) groups is 1. The molecular formula is C13H23N5O9S3. The molecule has 3 fully saturated rings. The van der Waals surface area contributed by atoms with Crippen molar-refractivity contribution in [2.45, 2.75) is 43.0 Å². The van der Waals surface area contributed by atoms with Crippen LogP contribution in [0.15, 0.2) is 0 Å². The van der Waals surface area contributed by atoms with Gasteiger partial charge in [-0.2, -0.15) is 13.5 Å². The predicted octanol–water partition coefficient (Wildman–Crippen LogP) is -1.69. The Hall–Kier alpha value is -1.53. The monoisotopic (exact) mass is 489 g/mol. The van der Waals surface area contributed by atoms with Gasteiger partial charge in [0.2, 0.25) is 20.0 Å². The van der Waals surface area contributed by atoms with Gasteiger partial charge in [0.15, 0.2) is 0 Å². The SMILES string of the molecule is CS(=O)(=O)N1CCCC(S(=O)(=O)NC(=N)C2CCC3CN2C(=O)N3OS(=O)(=O)O)C1. The van der Waals surface area contributed by atoms with Crippen LogP contribution in [0.25, 0.3) is 0 Å². The minimum atomic E-state index is -4.92. The molecule has 30 heavy (non-hydrogen) atoms. The minimum absolute atomic E-state index is 0.00554. The first-order valence-corrected chi connectivity index (χ1v) is 13.8. The molecule has 0 aromatic carbocycles. The molecule has 17 heteroatoms. The number of amidine groups is 1. The third-order valence-electron chi connectivity index (χ3n) is 5.33. The number of rotatable bonds is 6. The molecule has 0 aromatic rings. The summed E-state index contributed by atoms with van der Waals surface area (Å²) < 4.78 is 87.1. The molecule has 3 saturated heterocycles. The summed E-state index contributed by atoms with van der Waals surface area (Å²) in [5, 5.41) is 7.63. The molecule has 3 aliphatic heterocycles. The lowest BCUT2D eigenvalue weighted by Gasteiger charge is -2.33. The number of hydroxylamine groups is 2. The van der Waals surface area contributed by atoms with E-state index in [1.807, 2.05) is 0 Å². The van der Waals surface area contributed by atoms with E-state index in [-0.39, 0.29) is 38.9 Å². The van der Waals surface area contributed by atoms with Crippen LogP contribution in [0, 0.1) is 5.41 Å². The Balaban J connectivity index is 1.69. The van der Waals surface area contributed by atoms with Gasteiger partial charge in [-0.3, -0.25) is 14.7 Å². The summed E-state index contributed by atoms with van der Waals surface area (Å²) in [5.41, 5.74) is 0. The maximum Gasteiger partial charge on any atom is 0.418 e. The van der Waals surface area contributed by atoms with E-state index in [2.05, 4.69) is 9.01 Å². The van der Waals surface area contributed by atoms with Crippen molar-refractivity contribution in [3.63, 3.8) is 0 Å². The van der Waals surface area contributed by atoms with Crippen LogP contribution in [0.3, 0.4) is 0 Å². The highest BCUT2D eigenvalue weighted by Crippen LogP contribution is 2.31. The number of hydrogen-bond donors (Lipinski definition) is 3. The lowest BCUT2D eigenvalue weighted by Crippen LogP contribution is -2.54. The number of carbonyl (C=O) groups excluding carboxylic acids is 1. The zero-order valence-electron chi connectivity index (χ0n) is 16.0. The summed E-state index contributed by atoms with van der Waals surface area (Å²) in [6.45, 7) is -0.0145. The van der Waals surface area contributed by atoms with Crippen molar-refractivity contribution in [3.05, 3.63) is 0 Å². The van der Waals surface area contributed by atoms with Crippen molar-refractivity contribution in [1.82, 2.24) is 19.0 Å². The number of piperidine rings is 2. The van der Waals surface area contributed by atoms with Gasteiger partial charge in [-0.25, -0.2) is 25.9 Å².